The summed E-state index contributed by atoms with van der Waals surface area (Å²) in [5.74, 6) is -0.652. The van der Waals surface area contributed by atoms with E-state index in [2.05, 4.69) is 20.5 Å². The number of hydrogen-bond donors (Lipinski definition) is 2. The highest BCUT2D eigenvalue weighted by Gasteiger charge is 2.08. The molecule has 24 heavy (non-hydrogen) atoms. The Bertz CT molecular complexity index is 658. The number of pyridine rings is 1. The summed E-state index contributed by atoms with van der Waals surface area (Å²) >= 11 is 0. The molecule has 0 spiro atoms. The number of aromatic nitrogens is 1. The summed E-state index contributed by atoms with van der Waals surface area (Å²) < 4.78 is 13.5. The maximum absolute atomic E-state index is 13.5. The van der Waals surface area contributed by atoms with E-state index in [-0.39, 0.29) is 18.3 Å². The van der Waals surface area contributed by atoms with Crippen LogP contribution in [-0.4, -0.2) is 43.0 Å². The first-order valence-electron chi connectivity index (χ1n) is 7.92. The average Bonchev–Trinajstić information content (AvgIpc) is 2.58. The van der Waals surface area contributed by atoms with Crippen LogP contribution in [0.5, 0.6) is 0 Å². The summed E-state index contributed by atoms with van der Waals surface area (Å²) in [6, 6.07) is 9.85. The topological polar surface area (TPSA) is 57.3 Å². The van der Waals surface area contributed by atoms with E-state index in [1.54, 1.807) is 30.5 Å². The number of nitrogens with zero attached hydrogens (tertiary/aromatic N) is 2. The molecule has 0 radical (unpaired) electrons. The lowest BCUT2D eigenvalue weighted by Crippen LogP contribution is -2.24. The number of anilines is 1. The molecule has 0 aliphatic carbocycles. The highest BCUT2D eigenvalue weighted by Crippen LogP contribution is 2.08. The third-order valence-electron chi connectivity index (χ3n) is 3.50. The Kier molecular flexibility index (Phi) is 6.69. The number of amides is 1. The smallest absolute Gasteiger partial charge is 0.270 e. The second kappa shape index (κ2) is 8.98. The van der Waals surface area contributed by atoms with Crippen LogP contribution in [-0.2, 0) is 6.54 Å². The van der Waals surface area contributed by atoms with Crippen molar-refractivity contribution >= 4 is 11.6 Å². The monoisotopic (exact) mass is 330 g/mol. The zero-order valence-corrected chi connectivity index (χ0v) is 14.1. The van der Waals surface area contributed by atoms with Crippen molar-refractivity contribution in [1.82, 2.24) is 15.2 Å². The van der Waals surface area contributed by atoms with E-state index >= 15 is 0 Å². The molecule has 0 atom stereocenters. The number of rotatable bonds is 8. The number of carbonyl (C=O) groups is 1. The molecule has 0 aliphatic heterocycles. The molecule has 0 saturated carbocycles. The first kappa shape index (κ1) is 17.9. The van der Waals surface area contributed by atoms with Gasteiger partial charge in [0.25, 0.3) is 5.91 Å². The van der Waals surface area contributed by atoms with Gasteiger partial charge in [-0.25, -0.2) is 9.37 Å². The third-order valence-corrected chi connectivity index (χ3v) is 3.50. The predicted molar refractivity (Wildman–Crippen MR) is 93.5 cm³/mol. The van der Waals surface area contributed by atoms with Crippen molar-refractivity contribution in [2.75, 3.05) is 32.5 Å². The first-order valence-corrected chi connectivity index (χ1v) is 7.92. The molecule has 0 fully saturated rings. The molecular weight excluding hydrogens is 307 g/mol. The van der Waals surface area contributed by atoms with Crippen molar-refractivity contribution in [3.63, 3.8) is 0 Å². The quantitative estimate of drug-likeness (QED) is 0.730. The van der Waals surface area contributed by atoms with Crippen molar-refractivity contribution in [3.8, 4) is 0 Å². The van der Waals surface area contributed by atoms with Crippen LogP contribution >= 0.6 is 0 Å². The number of benzene rings is 1. The minimum Gasteiger partial charge on any atom is -0.384 e. The molecule has 1 amide bonds. The fraction of sp³-hybridized carbons (Fsp3) is 0.333. The fourth-order valence-electron chi connectivity index (χ4n) is 2.17. The number of hydrogen-bond acceptors (Lipinski definition) is 4. The Morgan fingerprint density at radius 2 is 2.00 bits per heavy atom. The van der Waals surface area contributed by atoms with Gasteiger partial charge in [0, 0.05) is 18.7 Å². The van der Waals surface area contributed by atoms with Crippen LogP contribution in [0.15, 0.2) is 42.6 Å². The zero-order chi connectivity index (χ0) is 17.4. The van der Waals surface area contributed by atoms with Gasteiger partial charge >= 0.3 is 0 Å². The number of nitrogens with one attached hydrogen (secondary N) is 2. The summed E-state index contributed by atoms with van der Waals surface area (Å²) in [5, 5.41) is 5.93. The summed E-state index contributed by atoms with van der Waals surface area (Å²) in [5.41, 5.74) is 1.63. The van der Waals surface area contributed by atoms with Crippen molar-refractivity contribution < 1.29 is 9.18 Å². The van der Waals surface area contributed by atoms with Gasteiger partial charge in [-0.2, -0.15) is 0 Å². The Balaban J connectivity index is 1.81. The van der Waals surface area contributed by atoms with E-state index in [0.29, 0.717) is 11.3 Å². The van der Waals surface area contributed by atoms with E-state index in [9.17, 15) is 9.18 Å². The summed E-state index contributed by atoms with van der Waals surface area (Å²) in [4.78, 5) is 18.3. The van der Waals surface area contributed by atoms with Crippen LogP contribution in [0.2, 0.25) is 0 Å². The number of halogens is 1. The van der Waals surface area contributed by atoms with Gasteiger partial charge in [0.15, 0.2) is 0 Å². The second-order valence-electron chi connectivity index (χ2n) is 5.79. The van der Waals surface area contributed by atoms with Gasteiger partial charge in [-0.05, 0) is 45.3 Å². The minimum atomic E-state index is -0.331. The molecule has 6 heteroatoms. The number of carbonyl (C=O) groups excluding carboxylic acids is 1. The molecule has 0 bridgehead atoms. The first-order chi connectivity index (χ1) is 11.6. The maximum Gasteiger partial charge on any atom is 0.270 e. The molecule has 0 saturated heterocycles. The fourth-order valence-corrected chi connectivity index (χ4v) is 2.17. The normalized spacial score (nSPS) is 10.7. The SMILES string of the molecule is CN(C)CCCNc1ccc(C(=O)NCc2ccccc2F)nc1. The van der Waals surface area contributed by atoms with Gasteiger partial charge in [-0.3, -0.25) is 4.79 Å². The van der Waals surface area contributed by atoms with Crippen LogP contribution in [0, 0.1) is 5.82 Å². The van der Waals surface area contributed by atoms with Crippen LogP contribution < -0.4 is 10.6 Å². The van der Waals surface area contributed by atoms with Gasteiger partial charge in [0.05, 0.1) is 11.9 Å². The van der Waals surface area contributed by atoms with Gasteiger partial charge in [-0.1, -0.05) is 18.2 Å². The van der Waals surface area contributed by atoms with Crippen LogP contribution in [0.4, 0.5) is 10.1 Å². The molecule has 0 unspecified atom stereocenters. The van der Waals surface area contributed by atoms with Gasteiger partial charge < -0.3 is 15.5 Å². The summed E-state index contributed by atoms with van der Waals surface area (Å²) in [7, 11) is 4.08. The van der Waals surface area contributed by atoms with Crippen LogP contribution in [0.1, 0.15) is 22.5 Å². The largest absolute Gasteiger partial charge is 0.384 e. The van der Waals surface area contributed by atoms with E-state index < -0.39 is 0 Å². The molecule has 128 valence electrons. The Morgan fingerprint density at radius 1 is 1.21 bits per heavy atom. The highest BCUT2D eigenvalue weighted by atomic mass is 19.1. The molecule has 1 heterocycles. The third kappa shape index (κ3) is 5.62. The predicted octanol–water partition coefficient (Wildman–Crippen LogP) is 2.51. The maximum atomic E-state index is 13.5. The van der Waals surface area contributed by atoms with Crippen molar-refractivity contribution in [2.45, 2.75) is 13.0 Å². The molecule has 1 aromatic heterocycles. The average molecular weight is 330 g/mol. The lowest BCUT2D eigenvalue weighted by Gasteiger charge is -2.11. The minimum absolute atomic E-state index is 0.137. The lowest BCUT2D eigenvalue weighted by atomic mass is 10.2. The van der Waals surface area contributed by atoms with E-state index in [1.165, 1.54) is 6.07 Å². The summed E-state index contributed by atoms with van der Waals surface area (Å²) in [6.45, 7) is 1.99. The summed E-state index contributed by atoms with van der Waals surface area (Å²) in [6.07, 6.45) is 2.66. The Hall–Kier alpha value is -2.47. The molecule has 2 N–H and O–H groups in total. The highest BCUT2D eigenvalue weighted by molar-refractivity contribution is 5.92. The molecule has 5 nitrogen and oxygen atoms in total. The molecular formula is C18H23FN4O. The molecule has 0 aliphatic rings. The van der Waals surface area contributed by atoms with Crippen molar-refractivity contribution in [1.29, 1.82) is 0 Å². The molecule has 1 aromatic carbocycles. The lowest BCUT2D eigenvalue weighted by molar-refractivity contribution is 0.0945. The Labute approximate surface area is 141 Å². The van der Waals surface area contributed by atoms with E-state index in [4.69, 9.17) is 0 Å². The van der Waals surface area contributed by atoms with Crippen molar-refractivity contribution in [3.05, 3.63) is 59.7 Å². The van der Waals surface area contributed by atoms with E-state index in [1.807, 2.05) is 20.2 Å². The van der Waals surface area contributed by atoms with Crippen molar-refractivity contribution in [2.24, 2.45) is 0 Å². The molecule has 2 rings (SSSR count). The van der Waals surface area contributed by atoms with Gasteiger partial charge in [-0.15, -0.1) is 0 Å². The van der Waals surface area contributed by atoms with Gasteiger partial charge in [0.2, 0.25) is 0 Å². The van der Waals surface area contributed by atoms with E-state index in [0.717, 1.165) is 25.2 Å². The second-order valence-corrected chi connectivity index (χ2v) is 5.79. The Morgan fingerprint density at radius 3 is 2.67 bits per heavy atom. The van der Waals surface area contributed by atoms with Gasteiger partial charge in [0.1, 0.15) is 11.5 Å². The van der Waals surface area contributed by atoms with Crippen LogP contribution in [0.25, 0.3) is 0 Å². The standard InChI is InChI=1S/C18H23FN4O/c1-23(2)11-5-10-20-15-8-9-17(21-13-15)18(24)22-12-14-6-3-4-7-16(14)19/h3-4,6-9,13,20H,5,10-12H2,1-2H3,(H,22,24). The molecule has 2 aromatic rings. The zero-order valence-electron chi connectivity index (χ0n) is 14.1. The van der Waals surface area contributed by atoms with Crippen LogP contribution in [0.3, 0.4) is 0 Å².